The van der Waals surface area contributed by atoms with Crippen molar-refractivity contribution in [2.75, 3.05) is 13.1 Å². The predicted octanol–water partition coefficient (Wildman–Crippen LogP) is 3.88. The van der Waals surface area contributed by atoms with Crippen molar-refractivity contribution in [3.63, 3.8) is 0 Å². The van der Waals surface area contributed by atoms with Crippen molar-refractivity contribution >= 4 is 5.91 Å². The van der Waals surface area contributed by atoms with E-state index in [0.717, 1.165) is 43.8 Å². The average Bonchev–Trinajstić information content (AvgIpc) is 3.07. The van der Waals surface area contributed by atoms with Crippen molar-refractivity contribution in [2.45, 2.75) is 46.0 Å². The standard InChI is InChI=1S/C20H25N3O2/c1-19(2,3)18(24)23-11-9-20(10-12-23)13-15(20)17-22-21-16(25-17)14-7-5-4-6-8-14/h4-8,15H,9-13H2,1-3H3. The lowest BCUT2D eigenvalue weighted by atomic mass is 9.88. The van der Waals surface area contributed by atoms with Crippen LogP contribution in [-0.4, -0.2) is 34.1 Å². The zero-order chi connectivity index (χ0) is 17.7. The van der Waals surface area contributed by atoms with Gasteiger partial charge in [-0.3, -0.25) is 4.79 Å². The molecule has 1 spiro atoms. The molecule has 1 aromatic heterocycles. The van der Waals surface area contributed by atoms with Crippen LogP contribution in [0.15, 0.2) is 34.7 Å². The number of piperidine rings is 1. The third kappa shape index (κ3) is 2.96. The summed E-state index contributed by atoms with van der Waals surface area (Å²) in [6, 6.07) is 9.88. The summed E-state index contributed by atoms with van der Waals surface area (Å²) >= 11 is 0. The number of hydrogen-bond donors (Lipinski definition) is 0. The minimum Gasteiger partial charge on any atom is -0.420 e. The molecular formula is C20H25N3O2. The number of aromatic nitrogens is 2. The Kier molecular flexibility index (Phi) is 3.71. The van der Waals surface area contributed by atoms with Gasteiger partial charge in [0, 0.05) is 30.0 Å². The number of benzene rings is 1. The highest BCUT2D eigenvalue weighted by molar-refractivity contribution is 5.81. The molecule has 132 valence electrons. The molecule has 1 saturated carbocycles. The van der Waals surface area contributed by atoms with Crippen LogP contribution in [0.1, 0.15) is 51.8 Å². The third-order valence-electron chi connectivity index (χ3n) is 5.64. The van der Waals surface area contributed by atoms with E-state index < -0.39 is 0 Å². The molecule has 1 aliphatic heterocycles. The van der Waals surface area contributed by atoms with Crippen LogP contribution < -0.4 is 0 Å². The fourth-order valence-electron chi connectivity index (χ4n) is 3.95. The second-order valence-electron chi connectivity index (χ2n) is 8.47. The van der Waals surface area contributed by atoms with Crippen LogP contribution in [0.2, 0.25) is 0 Å². The normalized spacial score (nSPS) is 22.2. The number of carbonyl (C=O) groups excluding carboxylic acids is 1. The van der Waals surface area contributed by atoms with Crippen LogP contribution in [-0.2, 0) is 4.79 Å². The molecule has 1 aromatic carbocycles. The minimum absolute atomic E-state index is 0.253. The second-order valence-corrected chi connectivity index (χ2v) is 8.47. The number of rotatable bonds is 2. The molecule has 0 N–H and O–H groups in total. The first-order chi connectivity index (χ1) is 11.9. The van der Waals surface area contributed by atoms with Gasteiger partial charge in [0.05, 0.1) is 0 Å². The highest BCUT2D eigenvalue weighted by Gasteiger charge is 2.58. The predicted molar refractivity (Wildman–Crippen MR) is 94.8 cm³/mol. The number of hydrogen-bond acceptors (Lipinski definition) is 4. The second kappa shape index (κ2) is 5.68. The van der Waals surface area contributed by atoms with Crippen molar-refractivity contribution in [1.82, 2.24) is 15.1 Å². The van der Waals surface area contributed by atoms with Gasteiger partial charge in [-0.25, -0.2) is 0 Å². The van der Waals surface area contributed by atoms with Gasteiger partial charge in [-0.2, -0.15) is 0 Å². The summed E-state index contributed by atoms with van der Waals surface area (Å²) in [5.41, 5.74) is 0.918. The number of amides is 1. The number of nitrogens with zero attached hydrogens (tertiary/aromatic N) is 3. The molecule has 1 aliphatic carbocycles. The first kappa shape index (κ1) is 16.3. The Hall–Kier alpha value is -2.17. The zero-order valence-corrected chi connectivity index (χ0v) is 15.2. The topological polar surface area (TPSA) is 59.2 Å². The molecular weight excluding hydrogens is 314 g/mol. The third-order valence-corrected chi connectivity index (χ3v) is 5.64. The maximum atomic E-state index is 12.4. The average molecular weight is 339 g/mol. The first-order valence-corrected chi connectivity index (χ1v) is 9.07. The van der Waals surface area contributed by atoms with Crippen molar-refractivity contribution in [2.24, 2.45) is 10.8 Å². The van der Waals surface area contributed by atoms with Crippen LogP contribution in [0.5, 0.6) is 0 Å². The highest BCUT2D eigenvalue weighted by atomic mass is 16.4. The summed E-state index contributed by atoms with van der Waals surface area (Å²) < 4.78 is 5.95. The van der Waals surface area contributed by atoms with E-state index in [9.17, 15) is 4.79 Å². The molecule has 0 radical (unpaired) electrons. The van der Waals surface area contributed by atoms with Crippen LogP contribution in [0.4, 0.5) is 0 Å². The van der Waals surface area contributed by atoms with E-state index in [4.69, 9.17) is 4.42 Å². The van der Waals surface area contributed by atoms with Crippen molar-refractivity contribution in [3.05, 3.63) is 36.2 Å². The lowest BCUT2D eigenvalue weighted by Gasteiger charge is -2.36. The SMILES string of the molecule is CC(C)(C)C(=O)N1CCC2(CC1)CC2c1nnc(-c2ccccc2)o1. The minimum atomic E-state index is -0.301. The molecule has 2 heterocycles. The summed E-state index contributed by atoms with van der Waals surface area (Å²) in [6.45, 7) is 7.65. The summed E-state index contributed by atoms with van der Waals surface area (Å²) in [7, 11) is 0. The first-order valence-electron chi connectivity index (χ1n) is 9.07. The van der Waals surface area contributed by atoms with E-state index in [1.165, 1.54) is 0 Å². The largest absolute Gasteiger partial charge is 0.420 e. The van der Waals surface area contributed by atoms with Gasteiger partial charge in [0.2, 0.25) is 17.7 Å². The molecule has 5 heteroatoms. The lowest BCUT2D eigenvalue weighted by molar-refractivity contribution is -0.141. The molecule has 1 atom stereocenters. The van der Waals surface area contributed by atoms with Crippen LogP contribution in [0.25, 0.3) is 11.5 Å². The fraction of sp³-hybridized carbons (Fsp3) is 0.550. The van der Waals surface area contributed by atoms with Gasteiger partial charge in [0.15, 0.2) is 0 Å². The van der Waals surface area contributed by atoms with Crippen molar-refractivity contribution < 1.29 is 9.21 Å². The summed E-state index contributed by atoms with van der Waals surface area (Å²) in [6.07, 6.45) is 3.16. The summed E-state index contributed by atoms with van der Waals surface area (Å²) in [5.74, 6) is 1.96. The van der Waals surface area contributed by atoms with Gasteiger partial charge in [0.1, 0.15) is 0 Å². The number of likely N-dealkylation sites (tertiary alicyclic amines) is 1. The number of carbonyl (C=O) groups is 1. The van der Waals surface area contributed by atoms with Gasteiger partial charge < -0.3 is 9.32 Å². The maximum absolute atomic E-state index is 12.4. The highest BCUT2D eigenvalue weighted by Crippen LogP contribution is 2.64. The van der Waals surface area contributed by atoms with E-state index in [2.05, 4.69) is 10.2 Å². The Balaban J connectivity index is 1.42. The summed E-state index contributed by atoms with van der Waals surface area (Å²) in [5, 5.41) is 8.52. The summed E-state index contributed by atoms with van der Waals surface area (Å²) in [4.78, 5) is 14.5. The molecule has 25 heavy (non-hydrogen) atoms. The molecule has 5 nitrogen and oxygen atoms in total. The van der Waals surface area contributed by atoms with Crippen molar-refractivity contribution in [3.8, 4) is 11.5 Å². The Morgan fingerprint density at radius 3 is 2.48 bits per heavy atom. The van der Waals surface area contributed by atoms with Gasteiger partial charge in [0.25, 0.3) is 0 Å². The molecule has 2 aliphatic rings. The molecule has 2 fully saturated rings. The van der Waals surface area contributed by atoms with Crippen LogP contribution in [0.3, 0.4) is 0 Å². The Labute approximate surface area is 148 Å². The molecule has 1 amide bonds. The van der Waals surface area contributed by atoms with E-state index >= 15 is 0 Å². The van der Waals surface area contributed by atoms with E-state index in [-0.39, 0.29) is 16.7 Å². The Morgan fingerprint density at radius 1 is 1.16 bits per heavy atom. The smallest absolute Gasteiger partial charge is 0.247 e. The van der Waals surface area contributed by atoms with E-state index in [1.807, 2.05) is 56.0 Å². The molecule has 4 rings (SSSR count). The fourth-order valence-corrected chi connectivity index (χ4v) is 3.95. The van der Waals surface area contributed by atoms with Crippen LogP contribution >= 0.6 is 0 Å². The molecule has 1 unspecified atom stereocenters. The molecule has 2 aromatic rings. The molecule has 0 bridgehead atoms. The van der Waals surface area contributed by atoms with Crippen molar-refractivity contribution in [1.29, 1.82) is 0 Å². The van der Waals surface area contributed by atoms with Gasteiger partial charge in [-0.15, -0.1) is 10.2 Å². The quantitative estimate of drug-likeness (QED) is 0.833. The lowest BCUT2D eigenvalue weighted by Crippen LogP contribution is -2.44. The van der Waals surface area contributed by atoms with E-state index in [1.54, 1.807) is 0 Å². The maximum Gasteiger partial charge on any atom is 0.247 e. The van der Waals surface area contributed by atoms with Gasteiger partial charge in [-0.1, -0.05) is 39.0 Å². The zero-order valence-electron chi connectivity index (χ0n) is 15.2. The molecule has 1 saturated heterocycles. The monoisotopic (exact) mass is 339 g/mol. The van der Waals surface area contributed by atoms with Crippen LogP contribution in [0, 0.1) is 10.8 Å². The Bertz CT molecular complexity index is 768. The van der Waals surface area contributed by atoms with Gasteiger partial charge in [-0.05, 0) is 36.8 Å². The van der Waals surface area contributed by atoms with E-state index in [0.29, 0.717) is 11.8 Å². The Morgan fingerprint density at radius 2 is 1.84 bits per heavy atom. The van der Waals surface area contributed by atoms with Gasteiger partial charge >= 0.3 is 0 Å².